The summed E-state index contributed by atoms with van der Waals surface area (Å²) < 4.78 is 0. The van der Waals surface area contributed by atoms with Gasteiger partial charge in [0.2, 0.25) is 0 Å². The second-order valence-electron chi connectivity index (χ2n) is 8.39. The molecule has 2 heteroatoms. The number of aryl methyl sites for hydroxylation is 1. The zero-order valence-corrected chi connectivity index (χ0v) is 16.7. The molecule has 0 atom stereocenters. The highest BCUT2D eigenvalue weighted by Crippen LogP contribution is 2.37. The molecule has 1 aromatic heterocycles. The SMILES string of the molecule is Cc1nc2ccc(C3CCC(C)CC3)cc2nc1-c1cccc2ccccc12. The van der Waals surface area contributed by atoms with E-state index in [1.807, 2.05) is 0 Å². The van der Waals surface area contributed by atoms with Gasteiger partial charge in [-0.2, -0.15) is 0 Å². The van der Waals surface area contributed by atoms with Crippen LogP contribution in [0.5, 0.6) is 0 Å². The quantitative estimate of drug-likeness (QED) is 0.380. The average Bonchev–Trinajstić information content (AvgIpc) is 2.73. The van der Waals surface area contributed by atoms with Crippen LogP contribution >= 0.6 is 0 Å². The van der Waals surface area contributed by atoms with Crippen molar-refractivity contribution in [2.45, 2.75) is 45.4 Å². The Hall–Kier alpha value is -2.74. The molecule has 3 aromatic carbocycles. The van der Waals surface area contributed by atoms with Crippen LogP contribution in [0, 0.1) is 12.8 Å². The van der Waals surface area contributed by atoms with Gasteiger partial charge in [0, 0.05) is 5.56 Å². The molecular weight excluding hydrogens is 340 g/mol. The Balaban J connectivity index is 1.62. The Labute approximate surface area is 166 Å². The van der Waals surface area contributed by atoms with E-state index in [1.54, 1.807) is 0 Å². The summed E-state index contributed by atoms with van der Waals surface area (Å²) in [5, 5.41) is 2.48. The van der Waals surface area contributed by atoms with Gasteiger partial charge in [-0.05, 0) is 60.1 Å². The molecule has 0 saturated heterocycles. The van der Waals surface area contributed by atoms with Crippen molar-refractivity contribution in [2.24, 2.45) is 5.92 Å². The van der Waals surface area contributed by atoms with E-state index in [0.717, 1.165) is 28.3 Å². The third-order valence-corrected chi connectivity index (χ3v) is 6.39. The molecule has 0 unspecified atom stereocenters. The van der Waals surface area contributed by atoms with E-state index in [1.165, 1.54) is 47.6 Å². The van der Waals surface area contributed by atoms with E-state index in [9.17, 15) is 0 Å². The average molecular weight is 367 g/mol. The molecule has 4 aromatic rings. The molecule has 0 aliphatic heterocycles. The molecular formula is C26H26N2. The molecule has 0 N–H and O–H groups in total. The molecule has 0 amide bonds. The second-order valence-corrected chi connectivity index (χ2v) is 8.39. The highest BCUT2D eigenvalue weighted by Gasteiger charge is 2.20. The van der Waals surface area contributed by atoms with Crippen molar-refractivity contribution in [3.63, 3.8) is 0 Å². The Morgan fingerprint density at radius 2 is 1.57 bits per heavy atom. The third-order valence-electron chi connectivity index (χ3n) is 6.39. The summed E-state index contributed by atoms with van der Waals surface area (Å²) in [5.41, 5.74) is 6.60. The van der Waals surface area contributed by atoms with Crippen molar-refractivity contribution in [1.29, 1.82) is 0 Å². The van der Waals surface area contributed by atoms with Crippen LogP contribution in [-0.4, -0.2) is 9.97 Å². The number of hydrogen-bond donors (Lipinski definition) is 0. The maximum absolute atomic E-state index is 5.10. The lowest BCUT2D eigenvalue weighted by Crippen LogP contribution is -2.10. The van der Waals surface area contributed by atoms with Gasteiger partial charge in [0.1, 0.15) is 0 Å². The lowest BCUT2D eigenvalue weighted by molar-refractivity contribution is 0.348. The summed E-state index contributed by atoms with van der Waals surface area (Å²) in [7, 11) is 0. The monoisotopic (exact) mass is 366 g/mol. The van der Waals surface area contributed by atoms with Gasteiger partial charge in [-0.3, -0.25) is 0 Å². The third kappa shape index (κ3) is 3.07. The second kappa shape index (κ2) is 7.01. The van der Waals surface area contributed by atoms with Gasteiger partial charge in [0.05, 0.1) is 22.4 Å². The normalized spacial score (nSPS) is 19.9. The summed E-state index contributed by atoms with van der Waals surface area (Å²) in [6.45, 7) is 4.45. The van der Waals surface area contributed by atoms with E-state index in [2.05, 4.69) is 74.5 Å². The highest BCUT2D eigenvalue weighted by molar-refractivity contribution is 5.97. The van der Waals surface area contributed by atoms with Crippen LogP contribution in [-0.2, 0) is 0 Å². The van der Waals surface area contributed by atoms with E-state index in [-0.39, 0.29) is 0 Å². The number of nitrogens with zero attached hydrogens (tertiary/aromatic N) is 2. The minimum absolute atomic E-state index is 0.671. The van der Waals surface area contributed by atoms with E-state index < -0.39 is 0 Å². The molecule has 0 spiro atoms. The van der Waals surface area contributed by atoms with Gasteiger partial charge < -0.3 is 0 Å². The fourth-order valence-electron chi connectivity index (χ4n) is 4.69. The largest absolute Gasteiger partial charge is 0.249 e. The predicted octanol–water partition coefficient (Wildman–Crippen LogP) is 7.05. The standard InChI is InChI=1S/C26H26N2/c1-17-10-12-19(13-11-17)21-14-15-24-25(16-21)28-26(18(2)27-24)23-9-5-7-20-6-3-4-8-22(20)23/h3-9,14-17,19H,10-13H2,1-2H3. The number of fused-ring (bicyclic) bond motifs is 2. The molecule has 0 bridgehead atoms. The van der Waals surface area contributed by atoms with Crippen LogP contribution in [0.4, 0.5) is 0 Å². The van der Waals surface area contributed by atoms with E-state index in [0.29, 0.717) is 5.92 Å². The van der Waals surface area contributed by atoms with Crippen molar-refractivity contribution in [3.05, 3.63) is 71.9 Å². The van der Waals surface area contributed by atoms with E-state index in [4.69, 9.17) is 9.97 Å². The zero-order valence-electron chi connectivity index (χ0n) is 16.7. The van der Waals surface area contributed by atoms with Crippen LogP contribution in [0.3, 0.4) is 0 Å². The molecule has 28 heavy (non-hydrogen) atoms. The minimum atomic E-state index is 0.671. The Morgan fingerprint density at radius 1 is 0.786 bits per heavy atom. The van der Waals surface area contributed by atoms with Gasteiger partial charge >= 0.3 is 0 Å². The fourth-order valence-corrected chi connectivity index (χ4v) is 4.69. The first-order valence-corrected chi connectivity index (χ1v) is 10.5. The van der Waals surface area contributed by atoms with Gasteiger partial charge in [0.15, 0.2) is 0 Å². The maximum Gasteiger partial charge on any atom is 0.0928 e. The molecule has 1 saturated carbocycles. The first-order chi connectivity index (χ1) is 13.7. The molecule has 0 radical (unpaired) electrons. The predicted molar refractivity (Wildman–Crippen MR) is 118 cm³/mol. The molecule has 1 heterocycles. The Bertz CT molecular complexity index is 1150. The smallest absolute Gasteiger partial charge is 0.0928 e. The van der Waals surface area contributed by atoms with E-state index >= 15 is 0 Å². The van der Waals surface area contributed by atoms with Crippen molar-refractivity contribution in [3.8, 4) is 11.3 Å². The Kier molecular flexibility index (Phi) is 4.35. The molecule has 1 aliphatic rings. The summed E-state index contributed by atoms with van der Waals surface area (Å²) in [4.78, 5) is 10.00. The number of aromatic nitrogens is 2. The first kappa shape index (κ1) is 17.4. The molecule has 1 fully saturated rings. The summed E-state index contributed by atoms with van der Waals surface area (Å²) in [5.74, 6) is 1.54. The molecule has 140 valence electrons. The topological polar surface area (TPSA) is 25.8 Å². The first-order valence-electron chi connectivity index (χ1n) is 10.5. The maximum atomic E-state index is 5.10. The van der Waals surface area contributed by atoms with Gasteiger partial charge in [-0.25, -0.2) is 9.97 Å². The van der Waals surface area contributed by atoms with Crippen molar-refractivity contribution in [2.75, 3.05) is 0 Å². The lowest BCUT2D eigenvalue weighted by atomic mass is 9.79. The van der Waals surface area contributed by atoms with Crippen LogP contribution in [0.1, 0.15) is 49.8 Å². The molecule has 5 rings (SSSR count). The number of hydrogen-bond acceptors (Lipinski definition) is 2. The zero-order chi connectivity index (χ0) is 19.1. The van der Waals surface area contributed by atoms with Crippen LogP contribution in [0.15, 0.2) is 60.7 Å². The Morgan fingerprint density at radius 3 is 2.43 bits per heavy atom. The van der Waals surface area contributed by atoms with Gasteiger partial charge in [-0.15, -0.1) is 0 Å². The summed E-state index contributed by atoms with van der Waals surface area (Å²) in [6.07, 6.45) is 5.26. The van der Waals surface area contributed by atoms with Crippen LogP contribution in [0.25, 0.3) is 33.1 Å². The van der Waals surface area contributed by atoms with Crippen LogP contribution in [0.2, 0.25) is 0 Å². The molecule has 1 aliphatic carbocycles. The molecule has 2 nitrogen and oxygen atoms in total. The summed E-state index contributed by atoms with van der Waals surface area (Å²) >= 11 is 0. The number of benzene rings is 3. The van der Waals surface area contributed by atoms with Crippen LogP contribution < -0.4 is 0 Å². The fraction of sp³-hybridized carbons (Fsp3) is 0.308. The lowest BCUT2D eigenvalue weighted by Gasteiger charge is -2.26. The minimum Gasteiger partial charge on any atom is -0.249 e. The van der Waals surface area contributed by atoms with Crippen molar-refractivity contribution < 1.29 is 0 Å². The van der Waals surface area contributed by atoms with Crippen molar-refractivity contribution >= 4 is 21.8 Å². The van der Waals surface area contributed by atoms with Gasteiger partial charge in [0.25, 0.3) is 0 Å². The highest BCUT2D eigenvalue weighted by atomic mass is 14.8. The van der Waals surface area contributed by atoms with Gasteiger partial charge in [-0.1, -0.05) is 68.3 Å². The summed E-state index contributed by atoms with van der Waals surface area (Å²) in [6, 6.07) is 21.7. The number of rotatable bonds is 2. The van der Waals surface area contributed by atoms with Crippen molar-refractivity contribution in [1.82, 2.24) is 9.97 Å².